The average Bonchev–Trinajstić information content (AvgIpc) is 2.93. The second kappa shape index (κ2) is 19.4. The zero-order valence-corrected chi connectivity index (χ0v) is 14.0. The molecule has 0 aliphatic carbocycles. The Morgan fingerprint density at radius 1 is 0.727 bits per heavy atom. The van der Waals surface area contributed by atoms with Crippen molar-refractivity contribution in [3.05, 3.63) is 11.6 Å². The predicted octanol–water partition coefficient (Wildman–Crippen LogP) is -9.38. The first-order chi connectivity index (χ1) is 7.61. The van der Waals surface area contributed by atoms with Crippen molar-refractivity contribution in [2.75, 3.05) is 0 Å². The summed E-state index contributed by atoms with van der Waals surface area (Å²) in [5.74, 6) is -3.72. The largest absolute Gasteiger partial charge is 2.00 e. The molecule has 2 aromatic heterocycles. The molecule has 12 N–H and O–H groups in total. The van der Waals surface area contributed by atoms with E-state index in [9.17, 15) is 19.8 Å². The predicted molar refractivity (Wildman–Crippen MR) is 60.8 cm³/mol. The van der Waals surface area contributed by atoms with Gasteiger partial charge in [-0.05, 0) is 10.4 Å². The second-order valence-corrected chi connectivity index (χ2v) is 2.05. The Morgan fingerprint density at radius 2 is 1.00 bits per heavy atom. The van der Waals surface area contributed by atoms with Crippen LogP contribution in [-0.4, -0.2) is 126 Å². The van der Waals surface area contributed by atoms with Gasteiger partial charge in [0.15, 0.2) is 0 Å². The van der Waals surface area contributed by atoms with Crippen molar-refractivity contribution in [2.45, 2.75) is 0 Å². The molecule has 18 heteroatoms. The minimum absolute atomic E-state index is 0. The average molecular weight is 404 g/mol. The summed E-state index contributed by atoms with van der Waals surface area (Å²) in [6.45, 7) is 0. The van der Waals surface area contributed by atoms with Crippen LogP contribution >= 0.6 is 0 Å². The first kappa shape index (κ1) is 37.0. The summed E-state index contributed by atoms with van der Waals surface area (Å²) in [4.78, 5) is 19.5. The molecule has 0 aliphatic heterocycles. The number of aromatic carboxylic acids is 2. The van der Waals surface area contributed by atoms with E-state index in [0.29, 0.717) is 0 Å². The van der Waals surface area contributed by atoms with Crippen LogP contribution < -0.4 is 10.2 Å². The summed E-state index contributed by atoms with van der Waals surface area (Å²) < 4.78 is 0. The number of aromatic amines is 2. The maximum Gasteiger partial charge on any atom is 2.00 e. The summed E-state index contributed by atoms with van der Waals surface area (Å²) in [6.07, 6.45) is 0. The molecule has 0 aliphatic rings. The standard InChI is InChI=1S/2C2H2N4O2.5H2O.Sr/c2*7-2(8)1-3-5-6-4-1;;;;;;/h2*(H,7,8)(H,3,4,5,6);5*1H2;/q;;;;;;;+2/p-2. The van der Waals surface area contributed by atoms with Crippen LogP contribution in [0.2, 0.25) is 0 Å². The number of nitrogens with one attached hydrogen (secondary N) is 2. The van der Waals surface area contributed by atoms with Gasteiger partial charge in [-0.2, -0.15) is 10.4 Å². The van der Waals surface area contributed by atoms with Crippen molar-refractivity contribution in [3.63, 3.8) is 0 Å². The summed E-state index contributed by atoms with van der Waals surface area (Å²) in [5, 5.41) is 41.9. The second-order valence-electron chi connectivity index (χ2n) is 2.05. The first-order valence-corrected chi connectivity index (χ1v) is 3.51. The van der Waals surface area contributed by atoms with E-state index in [0.717, 1.165) is 0 Å². The maximum absolute atomic E-state index is 9.77. The smallest absolute Gasteiger partial charge is 0.541 e. The normalized spacial score (nSPS) is 6.55. The number of carbonyl (C=O) groups excluding carboxylic acids is 2. The Balaban J connectivity index is -0.0000000457. The van der Waals surface area contributed by atoms with Gasteiger partial charge in [0.25, 0.3) is 0 Å². The maximum atomic E-state index is 9.77. The van der Waals surface area contributed by atoms with Crippen LogP contribution in [0.15, 0.2) is 0 Å². The van der Waals surface area contributed by atoms with Gasteiger partial charge < -0.3 is 47.2 Å². The van der Waals surface area contributed by atoms with Gasteiger partial charge in [-0.3, -0.25) is 0 Å². The molecule has 2 aromatic rings. The van der Waals surface area contributed by atoms with Crippen LogP contribution in [0.3, 0.4) is 0 Å². The SMILES string of the molecule is O.O.O.O.O.O=C([O-])c1nn[nH]n1.O=C([O-])c1nn[nH]n1.[Sr+2]. The fourth-order valence-corrected chi connectivity index (χ4v) is 0.497. The van der Waals surface area contributed by atoms with Gasteiger partial charge in [-0.15, -0.1) is 20.4 Å². The molecule has 2 rings (SSSR count). The van der Waals surface area contributed by atoms with Crippen LogP contribution in [-0.2, 0) is 0 Å². The van der Waals surface area contributed by atoms with E-state index in [2.05, 4.69) is 30.8 Å². The number of aromatic nitrogens is 8. The summed E-state index contributed by atoms with van der Waals surface area (Å²) in [6, 6.07) is 0. The molecule has 22 heavy (non-hydrogen) atoms. The molecule has 0 spiro atoms. The molecule has 0 bridgehead atoms. The van der Waals surface area contributed by atoms with Crippen LogP contribution in [0.1, 0.15) is 21.2 Å². The van der Waals surface area contributed by atoms with Gasteiger partial charge in [-0.25, -0.2) is 0 Å². The fourth-order valence-electron chi connectivity index (χ4n) is 0.497. The molecule has 0 radical (unpaired) electrons. The Kier molecular flexibility index (Phi) is 32.6. The zero-order chi connectivity index (χ0) is 12.0. The van der Waals surface area contributed by atoms with Crippen molar-refractivity contribution in [1.29, 1.82) is 0 Å². The third-order valence-electron chi connectivity index (χ3n) is 1.06. The summed E-state index contributed by atoms with van der Waals surface area (Å²) >= 11 is 0. The van der Waals surface area contributed by atoms with Gasteiger partial charge >= 0.3 is 45.5 Å². The topological polar surface area (TPSA) is 347 Å². The molecule has 124 valence electrons. The van der Waals surface area contributed by atoms with Crippen LogP contribution in [0.25, 0.3) is 0 Å². The number of nitrogens with zero attached hydrogens (tertiary/aromatic N) is 6. The van der Waals surface area contributed by atoms with Crippen LogP contribution in [0.4, 0.5) is 0 Å². The molecule has 0 saturated carbocycles. The molecule has 0 unspecified atom stereocenters. The molecule has 0 atom stereocenters. The van der Waals surface area contributed by atoms with E-state index in [1.54, 1.807) is 0 Å². The number of rotatable bonds is 2. The number of carboxylic acids is 2. The number of carbonyl (C=O) groups is 2. The zero-order valence-electron chi connectivity index (χ0n) is 10.5. The van der Waals surface area contributed by atoms with Crippen molar-refractivity contribution in [1.82, 2.24) is 41.2 Å². The van der Waals surface area contributed by atoms with Gasteiger partial charge in [0.05, 0.1) is 0 Å². The minimum Gasteiger partial charge on any atom is -0.541 e. The van der Waals surface area contributed by atoms with Crippen LogP contribution in [0.5, 0.6) is 0 Å². The number of hydrogen-bond donors (Lipinski definition) is 2. The van der Waals surface area contributed by atoms with Crippen molar-refractivity contribution in [3.8, 4) is 0 Å². The number of carboxylic acid groups (broad SMARTS) is 2. The van der Waals surface area contributed by atoms with E-state index >= 15 is 0 Å². The molecule has 2 heterocycles. The van der Waals surface area contributed by atoms with E-state index < -0.39 is 23.6 Å². The first-order valence-electron chi connectivity index (χ1n) is 3.51. The monoisotopic (exact) mass is 404 g/mol. The van der Waals surface area contributed by atoms with E-state index in [4.69, 9.17) is 0 Å². The molecule has 0 fully saturated rings. The van der Waals surface area contributed by atoms with Gasteiger partial charge in [-0.1, -0.05) is 0 Å². The molecule has 0 amide bonds. The quantitative estimate of drug-likeness (QED) is 0.445. The van der Waals surface area contributed by atoms with Crippen molar-refractivity contribution >= 4 is 57.4 Å². The number of H-pyrrole nitrogens is 2. The Bertz CT molecular complexity index is 418. The fraction of sp³-hybridized carbons (Fsp3) is 0. The molecular weight excluding hydrogens is 392 g/mol. The molecule has 17 nitrogen and oxygen atoms in total. The van der Waals surface area contributed by atoms with Crippen molar-refractivity contribution in [2.24, 2.45) is 0 Å². The summed E-state index contributed by atoms with van der Waals surface area (Å²) in [5.41, 5.74) is 0. The Morgan fingerprint density at radius 3 is 1.09 bits per heavy atom. The van der Waals surface area contributed by atoms with Gasteiger partial charge in [0, 0.05) is 0 Å². The molecule has 0 saturated heterocycles. The minimum atomic E-state index is -1.43. The number of hydrogen-bond acceptors (Lipinski definition) is 10. The van der Waals surface area contributed by atoms with Crippen LogP contribution in [0, 0.1) is 0 Å². The van der Waals surface area contributed by atoms with Gasteiger partial charge in [0.2, 0.25) is 11.6 Å². The van der Waals surface area contributed by atoms with E-state index in [1.165, 1.54) is 0 Å². The Hall–Kier alpha value is -1.64. The third-order valence-corrected chi connectivity index (χ3v) is 1.06. The van der Waals surface area contributed by atoms with E-state index in [-0.39, 0.29) is 72.9 Å². The molecular formula is C4H12N8O9Sr. The van der Waals surface area contributed by atoms with Gasteiger partial charge in [0.1, 0.15) is 11.9 Å². The molecule has 0 aromatic carbocycles. The number of tetrazole rings is 2. The summed E-state index contributed by atoms with van der Waals surface area (Å²) in [7, 11) is 0. The van der Waals surface area contributed by atoms with Crippen molar-refractivity contribution < 1.29 is 47.2 Å². The third kappa shape index (κ3) is 13.3. The Labute approximate surface area is 156 Å². The van der Waals surface area contributed by atoms with E-state index in [1.807, 2.05) is 10.4 Å².